The standard InChI is InChI=1S/C13H20N4O3/c1-2-14-12-6-5-11(17(18)19)13(16-12)15-7-8-20-9-10-3-4-10/h5-6,10H,2-4,7-9H2,1H3,(H2,14,15,16). The number of aromatic nitrogens is 1. The summed E-state index contributed by atoms with van der Waals surface area (Å²) < 4.78 is 5.48. The van der Waals surface area contributed by atoms with Gasteiger partial charge in [-0.15, -0.1) is 0 Å². The molecule has 0 amide bonds. The zero-order valence-corrected chi connectivity index (χ0v) is 11.6. The number of anilines is 2. The van der Waals surface area contributed by atoms with Gasteiger partial charge in [-0.2, -0.15) is 0 Å². The van der Waals surface area contributed by atoms with E-state index < -0.39 is 4.92 Å². The van der Waals surface area contributed by atoms with E-state index >= 15 is 0 Å². The van der Waals surface area contributed by atoms with Crippen LogP contribution in [-0.4, -0.2) is 36.2 Å². The molecule has 0 unspecified atom stereocenters. The predicted molar refractivity (Wildman–Crippen MR) is 77.1 cm³/mol. The number of nitrogens with one attached hydrogen (secondary N) is 2. The van der Waals surface area contributed by atoms with E-state index in [0.29, 0.717) is 19.0 Å². The fraction of sp³-hybridized carbons (Fsp3) is 0.615. The van der Waals surface area contributed by atoms with Gasteiger partial charge in [-0.1, -0.05) is 0 Å². The molecule has 1 aromatic rings. The van der Waals surface area contributed by atoms with Crippen molar-refractivity contribution in [3.05, 3.63) is 22.2 Å². The topological polar surface area (TPSA) is 89.3 Å². The summed E-state index contributed by atoms with van der Waals surface area (Å²) in [6.45, 7) is 4.49. The van der Waals surface area contributed by atoms with Crippen LogP contribution in [0.15, 0.2) is 12.1 Å². The summed E-state index contributed by atoms with van der Waals surface area (Å²) in [5.74, 6) is 1.63. The second-order valence-electron chi connectivity index (χ2n) is 4.80. The second-order valence-corrected chi connectivity index (χ2v) is 4.80. The van der Waals surface area contributed by atoms with Gasteiger partial charge in [0.1, 0.15) is 5.82 Å². The Labute approximate surface area is 117 Å². The molecule has 110 valence electrons. The molecule has 2 rings (SSSR count). The zero-order chi connectivity index (χ0) is 14.4. The van der Waals surface area contributed by atoms with Crippen molar-refractivity contribution in [2.24, 2.45) is 5.92 Å². The van der Waals surface area contributed by atoms with Crippen LogP contribution in [0.1, 0.15) is 19.8 Å². The Morgan fingerprint density at radius 3 is 2.90 bits per heavy atom. The molecular weight excluding hydrogens is 260 g/mol. The Hall–Kier alpha value is -1.89. The van der Waals surface area contributed by atoms with E-state index in [-0.39, 0.29) is 11.5 Å². The van der Waals surface area contributed by atoms with Crippen molar-refractivity contribution in [2.75, 3.05) is 36.9 Å². The number of hydrogen-bond donors (Lipinski definition) is 2. The smallest absolute Gasteiger partial charge is 0.311 e. The molecule has 0 aromatic carbocycles. The molecule has 0 atom stereocenters. The van der Waals surface area contributed by atoms with Crippen molar-refractivity contribution >= 4 is 17.3 Å². The largest absolute Gasteiger partial charge is 0.379 e. The molecule has 0 radical (unpaired) electrons. The summed E-state index contributed by atoms with van der Waals surface area (Å²) >= 11 is 0. The van der Waals surface area contributed by atoms with Gasteiger partial charge in [0.15, 0.2) is 0 Å². The summed E-state index contributed by atoms with van der Waals surface area (Å²) in [5, 5.41) is 17.0. The first-order valence-electron chi connectivity index (χ1n) is 6.91. The van der Waals surface area contributed by atoms with Crippen LogP contribution in [0.4, 0.5) is 17.3 Å². The molecule has 7 heteroatoms. The normalized spacial score (nSPS) is 14.1. The van der Waals surface area contributed by atoms with Crippen LogP contribution >= 0.6 is 0 Å². The molecular formula is C13H20N4O3. The van der Waals surface area contributed by atoms with E-state index in [4.69, 9.17) is 4.74 Å². The van der Waals surface area contributed by atoms with Crippen molar-refractivity contribution in [3.63, 3.8) is 0 Å². The highest BCUT2D eigenvalue weighted by molar-refractivity contribution is 5.60. The summed E-state index contributed by atoms with van der Waals surface area (Å²) in [7, 11) is 0. The minimum Gasteiger partial charge on any atom is -0.379 e. The first kappa shape index (κ1) is 14.5. The van der Waals surface area contributed by atoms with E-state index in [0.717, 1.165) is 19.1 Å². The van der Waals surface area contributed by atoms with Crippen LogP contribution in [0.3, 0.4) is 0 Å². The first-order valence-corrected chi connectivity index (χ1v) is 6.91. The minimum absolute atomic E-state index is 0.0196. The summed E-state index contributed by atoms with van der Waals surface area (Å²) in [6.07, 6.45) is 2.51. The van der Waals surface area contributed by atoms with Gasteiger partial charge < -0.3 is 15.4 Å². The Morgan fingerprint density at radius 1 is 1.45 bits per heavy atom. The van der Waals surface area contributed by atoms with Crippen molar-refractivity contribution < 1.29 is 9.66 Å². The van der Waals surface area contributed by atoms with Crippen LogP contribution in [0.2, 0.25) is 0 Å². The number of hydrogen-bond acceptors (Lipinski definition) is 6. The number of ether oxygens (including phenoxy) is 1. The molecule has 7 nitrogen and oxygen atoms in total. The number of nitrogens with zero attached hydrogens (tertiary/aromatic N) is 2. The van der Waals surface area contributed by atoms with Gasteiger partial charge in [0.05, 0.1) is 11.5 Å². The lowest BCUT2D eigenvalue weighted by Crippen LogP contribution is -2.13. The lowest BCUT2D eigenvalue weighted by Gasteiger charge is -2.09. The second kappa shape index (κ2) is 7.04. The molecule has 0 spiro atoms. The van der Waals surface area contributed by atoms with Crippen molar-refractivity contribution in [3.8, 4) is 0 Å². The Morgan fingerprint density at radius 2 is 2.25 bits per heavy atom. The lowest BCUT2D eigenvalue weighted by atomic mass is 10.3. The molecule has 0 aliphatic heterocycles. The maximum Gasteiger partial charge on any atom is 0.311 e. The van der Waals surface area contributed by atoms with E-state index in [1.165, 1.54) is 18.9 Å². The SMILES string of the molecule is CCNc1ccc([N+](=O)[O-])c(NCCOCC2CC2)n1. The Balaban J connectivity index is 1.88. The summed E-state index contributed by atoms with van der Waals surface area (Å²) in [5.41, 5.74) is -0.0196. The third-order valence-electron chi connectivity index (χ3n) is 3.02. The molecule has 20 heavy (non-hydrogen) atoms. The molecule has 1 aliphatic rings. The van der Waals surface area contributed by atoms with Gasteiger partial charge >= 0.3 is 5.69 Å². The molecule has 0 saturated heterocycles. The van der Waals surface area contributed by atoms with Crippen LogP contribution < -0.4 is 10.6 Å². The van der Waals surface area contributed by atoms with Crippen LogP contribution in [0.5, 0.6) is 0 Å². The third kappa shape index (κ3) is 4.34. The molecule has 0 bridgehead atoms. The predicted octanol–water partition coefficient (Wildman–Crippen LogP) is 2.26. The van der Waals surface area contributed by atoms with E-state index in [1.54, 1.807) is 6.07 Å². The highest BCUT2D eigenvalue weighted by Crippen LogP contribution is 2.28. The molecule has 2 N–H and O–H groups in total. The molecule has 1 saturated carbocycles. The lowest BCUT2D eigenvalue weighted by molar-refractivity contribution is -0.384. The van der Waals surface area contributed by atoms with Crippen LogP contribution in [0, 0.1) is 16.0 Å². The summed E-state index contributed by atoms with van der Waals surface area (Å²) in [4.78, 5) is 14.7. The maximum atomic E-state index is 11.0. The third-order valence-corrected chi connectivity index (χ3v) is 3.02. The first-order chi connectivity index (χ1) is 9.70. The molecule has 1 fully saturated rings. The highest BCUT2D eigenvalue weighted by atomic mass is 16.6. The van der Waals surface area contributed by atoms with Gasteiger partial charge in [-0.3, -0.25) is 10.1 Å². The molecule has 1 aliphatic carbocycles. The number of rotatable bonds is 9. The van der Waals surface area contributed by atoms with Gasteiger partial charge in [0.2, 0.25) is 5.82 Å². The zero-order valence-electron chi connectivity index (χ0n) is 11.6. The number of pyridine rings is 1. The average Bonchev–Trinajstić information content (AvgIpc) is 3.23. The summed E-state index contributed by atoms with van der Waals surface area (Å²) in [6, 6.07) is 3.06. The quantitative estimate of drug-likeness (QED) is 0.410. The van der Waals surface area contributed by atoms with Crippen LogP contribution in [0.25, 0.3) is 0 Å². The van der Waals surface area contributed by atoms with E-state index in [9.17, 15) is 10.1 Å². The van der Waals surface area contributed by atoms with E-state index in [2.05, 4.69) is 15.6 Å². The average molecular weight is 280 g/mol. The minimum atomic E-state index is -0.434. The monoisotopic (exact) mass is 280 g/mol. The fourth-order valence-corrected chi connectivity index (χ4v) is 1.78. The van der Waals surface area contributed by atoms with Crippen molar-refractivity contribution in [1.29, 1.82) is 0 Å². The van der Waals surface area contributed by atoms with Gasteiger partial charge in [-0.05, 0) is 31.7 Å². The molecule has 1 heterocycles. The Kier molecular flexibility index (Phi) is 5.11. The Bertz CT molecular complexity index is 463. The van der Waals surface area contributed by atoms with Crippen molar-refractivity contribution in [2.45, 2.75) is 19.8 Å². The van der Waals surface area contributed by atoms with Gasteiger partial charge in [0.25, 0.3) is 0 Å². The van der Waals surface area contributed by atoms with E-state index in [1.807, 2.05) is 6.92 Å². The highest BCUT2D eigenvalue weighted by Gasteiger charge is 2.21. The van der Waals surface area contributed by atoms with Crippen molar-refractivity contribution in [1.82, 2.24) is 4.98 Å². The molecule has 1 aromatic heterocycles. The number of nitro groups is 1. The van der Waals surface area contributed by atoms with Gasteiger partial charge in [-0.25, -0.2) is 4.98 Å². The van der Waals surface area contributed by atoms with Gasteiger partial charge in [0, 0.05) is 25.8 Å². The van der Waals surface area contributed by atoms with Crippen LogP contribution in [-0.2, 0) is 4.74 Å². The maximum absolute atomic E-state index is 11.0. The fourth-order valence-electron chi connectivity index (χ4n) is 1.78.